The van der Waals surface area contributed by atoms with Crippen LogP contribution in [0.15, 0.2) is 76.8 Å². The highest BCUT2D eigenvalue weighted by molar-refractivity contribution is 14.1. The van der Waals surface area contributed by atoms with E-state index in [4.69, 9.17) is 16.3 Å². The third-order valence-electron chi connectivity index (χ3n) is 4.05. The molecule has 0 atom stereocenters. The number of anilines is 1. The molecule has 0 spiro atoms. The Hall–Kier alpha value is -2.34. The molecule has 0 radical (unpaired) electrons. The first kappa shape index (κ1) is 22.3. The summed E-state index contributed by atoms with van der Waals surface area (Å²) in [7, 11) is 0. The Labute approximate surface area is 201 Å². The molecule has 0 bridgehead atoms. The van der Waals surface area contributed by atoms with Gasteiger partial charge in [-0.25, -0.2) is 0 Å². The lowest BCUT2D eigenvalue weighted by Crippen LogP contribution is -2.13. The van der Waals surface area contributed by atoms with E-state index in [0.29, 0.717) is 28.6 Å². The number of rotatable bonds is 6. The maximum absolute atomic E-state index is 12.6. The van der Waals surface area contributed by atoms with E-state index >= 15 is 0 Å². The van der Waals surface area contributed by atoms with Crippen LogP contribution in [-0.4, -0.2) is 5.91 Å². The lowest BCUT2D eigenvalue weighted by molar-refractivity contribution is -0.112. The van der Waals surface area contributed by atoms with Crippen LogP contribution in [0.25, 0.3) is 6.08 Å². The van der Waals surface area contributed by atoms with Crippen molar-refractivity contribution < 1.29 is 9.53 Å². The first-order valence-corrected chi connectivity index (χ1v) is 11.0. The fourth-order valence-corrected chi connectivity index (χ4v) is 3.41. The van der Waals surface area contributed by atoms with E-state index in [-0.39, 0.29) is 5.57 Å². The molecule has 1 amide bonds. The van der Waals surface area contributed by atoms with Crippen LogP contribution in [0.1, 0.15) is 11.1 Å². The number of hydrogen-bond donors (Lipinski definition) is 1. The third-order valence-corrected chi connectivity index (χ3v) is 5.51. The number of halogens is 3. The van der Waals surface area contributed by atoms with Gasteiger partial charge in [0.15, 0.2) is 0 Å². The SMILES string of the molecule is N#C/C(=C\c1cc(Br)ccc1OCc1ccc(I)cc1)C(=O)Nc1ccc(Cl)cc1. The molecule has 150 valence electrons. The molecule has 0 fully saturated rings. The summed E-state index contributed by atoms with van der Waals surface area (Å²) in [6, 6.07) is 22.1. The lowest BCUT2D eigenvalue weighted by atomic mass is 10.1. The van der Waals surface area contributed by atoms with Gasteiger partial charge in [-0.15, -0.1) is 0 Å². The zero-order chi connectivity index (χ0) is 21.5. The second-order valence-corrected chi connectivity index (χ2v) is 8.83. The van der Waals surface area contributed by atoms with Crippen molar-refractivity contribution >= 4 is 67.8 Å². The molecule has 0 aliphatic carbocycles. The number of nitrogens with zero attached hydrogens (tertiary/aromatic N) is 1. The standard InChI is InChI=1S/C23H15BrClIN2O2/c24-18-3-10-22(30-14-15-1-6-20(26)7-2-15)16(12-18)11-17(13-27)23(29)28-21-8-4-19(25)5-9-21/h1-12H,14H2,(H,28,29)/b17-11+. The van der Waals surface area contributed by atoms with Crippen LogP contribution in [0.2, 0.25) is 5.02 Å². The van der Waals surface area contributed by atoms with Crippen LogP contribution < -0.4 is 10.1 Å². The first-order chi connectivity index (χ1) is 14.4. The zero-order valence-electron chi connectivity index (χ0n) is 15.5. The molecule has 0 saturated carbocycles. The molecule has 4 nitrogen and oxygen atoms in total. The second kappa shape index (κ2) is 10.6. The van der Waals surface area contributed by atoms with E-state index in [1.807, 2.05) is 36.4 Å². The Morgan fingerprint density at radius 2 is 1.83 bits per heavy atom. The second-order valence-electron chi connectivity index (χ2n) is 6.23. The summed E-state index contributed by atoms with van der Waals surface area (Å²) in [6.45, 7) is 0.373. The van der Waals surface area contributed by atoms with Gasteiger partial charge in [0, 0.05) is 24.3 Å². The van der Waals surface area contributed by atoms with Gasteiger partial charge in [-0.1, -0.05) is 39.7 Å². The molecule has 3 rings (SSSR count). The van der Waals surface area contributed by atoms with Crippen LogP contribution in [0.3, 0.4) is 0 Å². The molecule has 3 aromatic carbocycles. The molecule has 1 N–H and O–H groups in total. The lowest BCUT2D eigenvalue weighted by Gasteiger charge is -2.11. The quantitative estimate of drug-likeness (QED) is 0.194. The van der Waals surface area contributed by atoms with Crippen molar-refractivity contribution in [3.63, 3.8) is 0 Å². The van der Waals surface area contributed by atoms with Crippen molar-refractivity contribution in [1.29, 1.82) is 5.26 Å². The smallest absolute Gasteiger partial charge is 0.266 e. The van der Waals surface area contributed by atoms with Gasteiger partial charge in [0.2, 0.25) is 0 Å². The Morgan fingerprint density at radius 3 is 2.50 bits per heavy atom. The largest absolute Gasteiger partial charge is 0.488 e. The summed E-state index contributed by atoms with van der Waals surface area (Å²) in [5, 5.41) is 12.8. The Balaban J connectivity index is 1.81. The van der Waals surface area contributed by atoms with E-state index in [1.54, 1.807) is 36.4 Å². The summed E-state index contributed by atoms with van der Waals surface area (Å²) < 4.78 is 7.91. The molecular weight excluding hydrogens is 579 g/mol. The van der Waals surface area contributed by atoms with Gasteiger partial charge in [0.05, 0.1) is 0 Å². The van der Waals surface area contributed by atoms with Crippen molar-refractivity contribution in [2.75, 3.05) is 5.32 Å². The van der Waals surface area contributed by atoms with Crippen molar-refractivity contribution in [2.24, 2.45) is 0 Å². The topological polar surface area (TPSA) is 62.1 Å². The van der Waals surface area contributed by atoms with Crippen LogP contribution in [-0.2, 0) is 11.4 Å². The number of carbonyl (C=O) groups is 1. The molecule has 0 heterocycles. The zero-order valence-corrected chi connectivity index (χ0v) is 20.0. The maximum atomic E-state index is 12.6. The number of hydrogen-bond acceptors (Lipinski definition) is 3. The minimum absolute atomic E-state index is 0.0397. The van der Waals surface area contributed by atoms with Gasteiger partial charge >= 0.3 is 0 Å². The molecule has 0 aliphatic rings. The van der Waals surface area contributed by atoms with E-state index < -0.39 is 5.91 Å². The maximum Gasteiger partial charge on any atom is 0.266 e. The summed E-state index contributed by atoms with van der Waals surface area (Å²) >= 11 is 11.5. The van der Waals surface area contributed by atoms with E-state index in [9.17, 15) is 10.1 Å². The van der Waals surface area contributed by atoms with Gasteiger partial charge in [-0.3, -0.25) is 4.79 Å². The molecule has 0 aliphatic heterocycles. The molecule has 3 aromatic rings. The fraction of sp³-hybridized carbons (Fsp3) is 0.0435. The number of carbonyl (C=O) groups excluding carboxylic acids is 1. The summed E-state index contributed by atoms with van der Waals surface area (Å²) in [5.41, 5.74) is 2.16. The van der Waals surface area contributed by atoms with Gasteiger partial charge in [0.1, 0.15) is 24.0 Å². The van der Waals surface area contributed by atoms with Gasteiger partial charge in [-0.2, -0.15) is 5.26 Å². The highest BCUT2D eigenvalue weighted by Gasteiger charge is 2.12. The molecule has 0 unspecified atom stereocenters. The summed E-state index contributed by atoms with van der Waals surface area (Å²) in [6.07, 6.45) is 1.51. The highest BCUT2D eigenvalue weighted by Crippen LogP contribution is 2.27. The monoisotopic (exact) mass is 592 g/mol. The number of ether oxygens (including phenoxy) is 1. The van der Waals surface area contributed by atoms with E-state index in [0.717, 1.165) is 13.6 Å². The van der Waals surface area contributed by atoms with Gasteiger partial charge < -0.3 is 10.1 Å². The minimum Gasteiger partial charge on any atom is -0.488 e. The first-order valence-electron chi connectivity index (χ1n) is 8.80. The van der Waals surface area contributed by atoms with Crippen LogP contribution in [0.5, 0.6) is 5.75 Å². The Kier molecular flexibility index (Phi) is 7.91. The molecule has 0 saturated heterocycles. The van der Waals surface area contributed by atoms with Crippen LogP contribution in [0, 0.1) is 14.9 Å². The average Bonchev–Trinajstić information content (AvgIpc) is 2.74. The summed E-state index contributed by atoms with van der Waals surface area (Å²) in [5.74, 6) is 0.0622. The predicted octanol–water partition coefficient (Wildman–Crippen LogP) is 6.83. The fourth-order valence-electron chi connectivity index (χ4n) is 2.54. The third kappa shape index (κ3) is 6.33. The van der Waals surface area contributed by atoms with Crippen molar-refractivity contribution in [2.45, 2.75) is 6.61 Å². The van der Waals surface area contributed by atoms with Gasteiger partial charge in [-0.05, 0) is 88.8 Å². The molecule has 30 heavy (non-hydrogen) atoms. The number of nitriles is 1. The minimum atomic E-state index is -0.511. The normalized spacial score (nSPS) is 10.9. The summed E-state index contributed by atoms with van der Waals surface area (Å²) in [4.78, 5) is 12.6. The Morgan fingerprint density at radius 1 is 1.13 bits per heavy atom. The number of amides is 1. The van der Waals surface area contributed by atoms with Crippen LogP contribution >= 0.6 is 50.1 Å². The highest BCUT2D eigenvalue weighted by atomic mass is 127. The Bertz CT molecular complexity index is 1120. The van der Waals surface area contributed by atoms with E-state index in [2.05, 4.69) is 43.8 Å². The van der Waals surface area contributed by atoms with Crippen molar-refractivity contribution in [1.82, 2.24) is 0 Å². The number of nitrogens with one attached hydrogen (secondary N) is 1. The average molecular weight is 594 g/mol. The number of benzene rings is 3. The van der Waals surface area contributed by atoms with Crippen LogP contribution in [0.4, 0.5) is 5.69 Å². The molecule has 0 aromatic heterocycles. The molecular formula is C23H15BrClIN2O2. The van der Waals surface area contributed by atoms with Crippen molar-refractivity contribution in [3.05, 3.63) is 96.5 Å². The van der Waals surface area contributed by atoms with Gasteiger partial charge in [0.25, 0.3) is 5.91 Å². The molecule has 7 heteroatoms. The van der Waals surface area contributed by atoms with E-state index in [1.165, 1.54) is 6.08 Å². The van der Waals surface area contributed by atoms with Crippen molar-refractivity contribution in [3.8, 4) is 11.8 Å². The predicted molar refractivity (Wildman–Crippen MR) is 131 cm³/mol.